The average molecular weight is 921 g/mol. The van der Waals surface area contributed by atoms with Crippen LogP contribution >= 0.6 is 11.3 Å². The number of aliphatic imine (C=N–C) groups is 1. The van der Waals surface area contributed by atoms with Crippen LogP contribution in [0.1, 0.15) is 133 Å². The predicted molar refractivity (Wildman–Crippen MR) is 256 cm³/mol. The van der Waals surface area contributed by atoms with Gasteiger partial charge in [-0.05, 0) is 168 Å². The number of phenols is 1. The molecule has 2 fully saturated rings. The standard InChI is InChI=1S/C45H49F3N6O2S.C6H5F.C2H6/c1-25-27(3)57-44-40(25)42(49-26(2)43-51-50-28(4)54(43)44)36-10-8-32(23-37(36)46)53-18-14-45(56,15-19-53)24-52-16-12-29(13-17-52)31-21-38(47)41(39(48)22-31)35-7-5-6-30-20-33(55)9-11-34(30)35;7-6-4-2-1-3-5-6;1-2/h8-11,20-23,26,29,35,55-56H,5-7,12-19,24H2,1-4H3;1-5H;1-2H3/t26-,35+;;/m0../s1. The minimum atomic E-state index is -0.873. The minimum Gasteiger partial charge on any atom is -0.508 e. The topological polar surface area (TPSA) is 90.0 Å². The van der Waals surface area contributed by atoms with E-state index >= 15 is 13.2 Å². The number of fused-ring (bicyclic) bond motifs is 4. The molecule has 8 nitrogen and oxygen atoms in total. The summed E-state index contributed by atoms with van der Waals surface area (Å²) in [5.41, 5.74) is 5.67. The first-order valence-electron chi connectivity index (χ1n) is 23.4. The minimum absolute atomic E-state index is 0.0412. The largest absolute Gasteiger partial charge is 0.508 e. The number of likely N-dealkylation sites (tertiary alicyclic amines) is 1. The third-order valence-corrected chi connectivity index (χ3v) is 15.0. The Labute approximate surface area is 389 Å². The highest BCUT2D eigenvalue weighted by Gasteiger charge is 2.37. The molecule has 13 heteroatoms. The summed E-state index contributed by atoms with van der Waals surface area (Å²) in [7, 11) is 0. The van der Waals surface area contributed by atoms with E-state index in [1.807, 2.05) is 39.8 Å². The maximum Gasteiger partial charge on any atom is 0.162 e. The number of β-amino-alcohol motifs (C(OH)–C–C–N with tert-alkyl or cyclic N) is 1. The molecule has 66 heavy (non-hydrogen) atoms. The molecule has 0 bridgehead atoms. The predicted octanol–water partition coefficient (Wildman–Crippen LogP) is 11.8. The van der Waals surface area contributed by atoms with Crippen LogP contribution in [0.5, 0.6) is 5.75 Å². The van der Waals surface area contributed by atoms with Gasteiger partial charge in [0.15, 0.2) is 5.82 Å². The van der Waals surface area contributed by atoms with Crippen molar-refractivity contribution in [2.24, 2.45) is 4.99 Å². The third-order valence-electron chi connectivity index (χ3n) is 13.8. The summed E-state index contributed by atoms with van der Waals surface area (Å²) < 4.78 is 61.6. The van der Waals surface area contributed by atoms with Crippen LogP contribution in [-0.4, -0.2) is 73.9 Å². The van der Waals surface area contributed by atoms with Gasteiger partial charge in [-0.15, -0.1) is 21.5 Å². The zero-order valence-electron chi connectivity index (χ0n) is 38.7. The molecular formula is C53H60F4N6O2S. The van der Waals surface area contributed by atoms with Crippen LogP contribution < -0.4 is 4.90 Å². The van der Waals surface area contributed by atoms with E-state index in [9.17, 15) is 14.6 Å². The van der Waals surface area contributed by atoms with Crippen molar-refractivity contribution in [1.29, 1.82) is 0 Å². The summed E-state index contributed by atoms with van der Waals surface area (Å²) in [5.74, 6) is -0.123. The third kappa shape index (κ3) is 9.57. The number of phenolic OH excluding ortho intramolecular Hbond substituents is 1. The quantitative estimate of drug-likeness (QED) is 0.162. The average Bonchev–Trinajstić information content (AvgIpc) is 3.80. The number of hydrogen-bond donors (Lipinski definition) is 2. The first-order chi connectivity index (χ1) is 31.8. The summed E-state index contributed by atoms with van der Waals surface area (Å²) in [5, 5.41) is 31.4. The van der Waals surface area contributed by atoms with Crippen molar-refractivity contribution in [3.8, 4) is 10.8 Å². The van der Waals surface area contributed by atoms with E-state index in [-0.39, 0.29) is 40.8 Å². The van der Waals surface area contributed by atoms with Crippen molar-refractivity contribution in [2.75, 3.05) is 37.6 Å². The lowest BCUT2D eigenvalue weighted by Gasteiger charge is -2.43. The van der Waals surface area contributed by atoms with Gasteiger partial charge in [0.25, 0.3) is 0 Å². The normalized spacial score (nSPS) is 19.3. The molecule has 1 aliphatic carbocycles. The number of benzene rings is 4. The van der Waals surface area contributed by atoms with Gasteiger partial charge >= 0.3 is 0 Å². The molecule has 2 saturated heterocycles. The number of hydrogen-bond acceptors (Lipinski definition) is 8. The molecule has 0 saturated carbocycles. The van der Waals surface area contributed by atoms with E-state index in [0.717, 1.165) is 88.2 Å². The number of aromatic nitrogens is 3. The van der Waals surface area contributed by atoms with Crippen molar-refractivity contribution in [1.82, 2.24) is 19.7 Å². The highest BCUT2D eigenvalue weighted by atomic mass is 32.1. The fourth-order valence-electron chi connectivity index (χ4n) is 10.2. The second-order valence-corrected chi connectivity index (χ2v) is 19.2. The lowest BCUT2D eigenvalue weighted by molar-refractivity contribution is -0.0213. The van der Waals surface area contributed by atoms with Gasteiger partial charge in [0.1, 0.15) is 45.9 Å². The molecule has 10 rings (SSSR count). The summed E-state index contributed by atoms with van der Waals surface area (Å²) in [6.45, 7) is 15.2. The highest BCUT2D eigenvalue weighted by molar-refractivity contribution is 7.15. The number of aliphatic hydroxyl groups is 1. The maximum atomic E-state index is 16.2. The second kappa shape index (κ2) is 19.8. The first-order valence-corrected chi connectivity index (χ1v) is 24.2. The highest BCUT2D eigenvalue weighted by Crippen LogP contribution is 2.43. The summed E-state index contributed by atoms with van der Waals surface area (Å²) >= 11 is 1.65. The number of aromatic hydroxyl groups is 1. The zero-order valence-corrected chi connectivity index (χ0v) is 39.5. The number of aryl methyl sites for hydroxylation is 3. The van der Waals surface area contributed by atoms with Crippen LogP contribution in [0.3, 0.4) is 0 Å². The van der Waals surface area contributed by atoms with E-state index in [2.05, 4.69) is 38.4 Å². The summed E-state index contributed by atoms with van der Waals surface area (Å²) in [6, 6.07) is 21.2. The Morgan fingerprint density at radius 2 is 1.50 bits per heavy atom. The molecule has 0 unspecified atom stereocenters. The lowest BCUT2D eigenvalue weighted by Crippen LogP contribution is -2.52. The Hall–Kier alpha value is -5.37. The molecular weight excluding hydrogens is 861 g/mol. The van der Waals surface area contributed by atoms with Crippen LogP contribution in [0.25, 0.3) is 5.00 Å². The Kier molecular flexibility index (Phi) is 14.2. The second-order valence-electron chi connectivity index (χ2n) is 18.0. The SMILES string of the molecule is CC.Cc1sc2c(c1C)C(c1ccc(N3CCC(O)(CN4CCC(c5cc(F)c([C@@H]6CCCc7cc(O)ccc76)c(F)c5)CC4)CC3)cc1F)=N[C@@H](C)c1nnc(C)n1-2.Fc1ccccc1. The molecule has 0 amide bonds. The molecule has 2 N–H and O–H groups in total. The van der Waals surface area contributed by atoms with E-state index in [1.54, 1.807) is 53.8 Å². The molecule has 4 aliphatic rings. The molecule has 5 heterocycles. The zero-order chi connectivity index (χ0) is 46.9. The Bertz CT molecular complexity index is 2680. The van der Waals surface area contributed by atoms with E-state index in [4.69, 9.17) is 4.99 Å². The molecule has 6 aromatic rings. The van der Waals surface area contributed by atoms with Crippen LogP contribution in [-0.2, 0) is 6.42 Å². The van der Waals surface area contributed by atoms with Crippen LogP contribution in [0.2, 0.25) is 0 Å². The molecule has 348 valence electrons. The molecule has 4 aromatic carbocycles. The van der Waals surface area contributed by atoms with E-state index in [0.29, 0.717) is 55.7 Å². The van der Waals surface area contributed by atoms with Gasteiger partial charge < -0.3 is 20.0 Å². The van der Waals surface area contributed by atoms with Crippen LogP contribution in [0, 0.1) is 44.0 Å². The fourth-order valence-corrected chi connectivity index (χ4v) is 11.4. The van der Waals surface area contributed by atoms with Gasteiger partial charge in [0.05, 0.1) is 11.3 Å². The molecule has 0 spiro atoms. The van der Waals surface area contributed by atoms with Gasteiger partial charge in [0, 0.05) is 52.8 Å². The summed E-state index contributed by atoms with van der Waals surface area (Å²) in [4.78, 5) is 10.6. The Morgan fingerprint density at radius 1 is 0.803 bits per heavy atom. The van der Waals surface area contributed by atoms with Crippen molar-refractivity contribution in [2.45, 2.75) is 110 Å². The van der Waals surface area contributed by atoms with Crippen molar-refractivity contribution >= 4 is 22.7 Å². The maximum absolute atomic E-state index is 16.2. The first kappa shape index (κ1) is 47.1. The smallest absolute Gasteiger partial charge is 0.162 e. The van der Waals surface area contributed by atoms with Crippen molar-refractivity contribution in [3.63, 3.8) is 0 Å². The number of thiophene rings is 1. The lowest BCUT2D eigenvalue weighted by atomic mass is 9.77. The molecule has 3 aliphatic heterocycles. The molecule has 2 atom stereocenters. The molecule has 0 radical (unpaired) electrons. The van der Waals surface area contributed by atoms with Crippen molar-refractivity contribution < 1.29 is 27.8 Å². The number of halogens is 4. The van der Waals surface area contributed by atoms with Crippen LogP contribution in [0.4, 0.5) is 23.2 Å². The van der Waals surface area contributed by atoms with Gasteiger partial charge in [-0.3, -0.25) is 9.56 Å². The van der Waals surface area contributed by atoms with Crippen LogP contribution in [0.15, 0.2) is 83.9 Å². The fraction of sp³-hybridized carbons (Fsp3) is 0.415. The van der Waals surface area contributed by atoms with Gasteiger partial charge in [-0.2, -0.15) is 0 Å². The van der Waals surface area contributed by atoms with E-state index < -0.39 is 17.2 Å². The Morgan fingerprint density at radius 3 is 2.15 bits per heavy atom. The van der Waals surface area contributed by atoms with Gasteiger partial charge in [0.2, 0.25) is 0 Å². The molecule has 2 aromatic heterocycles. The van der Waals surface area contributed by atoms with Gasteiger partial charge in [-0.25, -0.2) is 17.6 Å². The number of nitrogens with zero attached hydrogens (tertiary/aromatic N) is 6. The number of rotatable bonds is 6. The van der Waals surface area contributed by atoms with E-state index in [1.165, 1.54) is 24.3 Å². The van der Waals surface area contributed by atoms with Crippen molar-refractivity contribution in [3.05, 3.63) is 158 Å². The Balaban J connectivity index is 0.000000597. The number of anilines is 1. The van der Waals surface area contributed by atoms with Gasteiger partial charge in [-0.1, -0.05) is 38.1 Å². The summed E-state index contributed by atoms with van der Waals surface area (Å²) in [6.07, 6.45) is 4.90. The monoisotopic (exact) mass is 920 g/mol. The number of piperidine rings is 2.